The highest BCUT2D eigenvalue weighted by Crippen LogP contribution is 2.11. The number of nitriles is 1. The molecule has 0 fully saturated rings. The molecule has 1 aromatic carbocycles. The largest absolute Gasteiger partial charge is 0.494 e. The topological polar surface area (TPSA) is 33.0 Å². The van der Waals surface area contributed by atoms with E-state index in [1.807, 2.05) is 30.3 Å². The van der Waals surface area contributed by atoms with Crippen molar-refractivity contribution >= 4 is 11.6 Å². The molecule has 15 heavy (non-hydrogen) atoms. The van der Waals surface area contributed by atoms with Gasteiger partial charge < -0.3 is 4.74 Å². The van der Waals surface area contributed by atoms with E-state index >= 15 is 0 Å². The molecule has 0 spiro atoms. The van der Waals surface area contributed by atoms with Gasteiger partial charge in [-0.3, -0.25) is 0 Å². The molecule has 0 heterocycles. The van der Waals surface area contributed by atoms with Crippen molar-refractivity contribution in [1.29, 1.82) is 5.26 Å². The molecule has 1 unspecified atom stereocenters. The van der Waals surface area contributed by atoms with Gasteiger partial charge in [-0.05, 0) is 25.0 Å². The maximum atomic E-state index is 8.67. The molecule has 0 N–H and O–H groups in total. The number of alkyl halides is 1. The summed E-state index contributed by atoms with van der Waals surface area (Å²) in [5.74, 6) is 1.23. The van der Waals surface area contributed by atoms with Gasteiger partial charge in [0.05, 0.1) is 18.6 Å². The van der Waals surface area contributed by atoms with Gasteiger partial charge in [0.1, 0.15) is 5.75 Å². The quantitative estimate of drug-likeness (QED) is 0.548. The Hall–Kier alpha value is -1.20. The van der Waals surface area contributed by atoms with Crippen molar-refractivity contribution in [3.8, 4) is 11.8 Å². The third-order valence-corrected chi connectivity index (χ3v) is 2.45. The van der Waals surface area contributed by atoms with E-state index in [9.17, 15) is 0 Å². The summed E-state index contributed by atoms with van der Waals surface area (Å²) in [5.41, 5.74) is 0. The molecule has 0 saturated carbocycles. The summed E-state index contributed by atoms with van der Waals surface area (Å²) in [7, 11) is 0. The molecule has 0 aliphatic carbocycles. The Morgan fingerprint density at radius 1 is 1.33 bits per heavy atom. The van der Waals surface area contributed by atoms with Crippen LogP contribution in [0.25, 0.3) is 0 Å². The van der Waals surface area contributed by atoms with Gasteiger partial charge in [0.15, 0.2) is 0 Å². The smallest absolute Gasteiger partial charge is 0.119 e. The molecule has 0 saturated heterocycles. The van der Waals surface area contributed by atoms with Gasteiger partial charge >= 0.3 is 0 Å². The second kappa shape index (κ2) is 7.14. The van der Waals surface area contributed by atoms with Crippen LogP contribution in [0.2, 0.25) is 0 Å². The summed E-state index contributed by atoms with van der Waals surface area (Å²) in [4.78, 5) is 0. The van der Waals surface area contributed by atoms with Crippen molar-refractivity contribution in [2.45, 2.75) is 12.8 Å². The summed E-state index contributed by atoms with van der Waals surface area (Å²) < 4.78 is 5.49. The van der Waals surface area contributed by atoms with Crippen LogP contribution in [0.4, 0.5) is 0 Å². The number of hydrogen-bond donors (Lipinski definition) is 0. The molecule has 0 radical (unpaired) electrons. The average molecular weight is 224 g/mol. The first-order valence-corrected chi connectivity index (χ1v) is 5.53. The monoisotopic (exact) mass is 223 g/mol. The van der Waals surface area contributed by atoms with Crippen LogP contribution in [0.15, 0.2) is 30.3 Å². The van der Waals surface area contributed by atoms with Crippen molar-refractivity contribution in [1.82, 2.24) is 0 Å². The Morgan fingerprint density at radius 3 is 2.67 bits per heavy atom. The van der Waals surface area contributed by atoms with Crippen molar-refractivity contribution in [3.63, 3.8) is 0 Å². The van der Waals surface area contributed by atoms with Crippen molar-refractivity contribution in [2.75, 3.05) is 12.5 Å². The van der Waals surface area contributed by atoms with Gasteiger partial charge in [-0.2, -0.15) is 5.26 Å². The summed E-state index contributed by atoms with van der Waals surface area (Å²) in [5, 5.41) is 8.67. The van der Waals surface area contributed by atoms with Crippen LogP contribution in [-0.4, -0.2) is 12.5 Å². The third kappa shape index (κ3) is 4.71. The fourth-order valence-electron chi connectivity index (χ4n) is 1.21. The molecular weight excluding hydrogens is 210 g/mol. The van der Waals surface area contributed by atoms with Crippen LogP contribution in [0, 0.1) is 17.2 Å². The third-order valence-electron chi connectivity index (χ3n) is 2.08. The van der Waals surface area contributed by atoms with Crippen LogP contribution in [0.1, 0.15) is 12.8 Å². The number of para-hydroxylation sites is 1. The lowest BCUT2D eigenvalue weighted by Crippen LogP contribution is -2.03. The zero-order valence-electron chi connectivity index (χ0n) is 8.53. The van der Waals surface area contributed by atoms with Crippen molar-refractivity contribution in [3.05, 3.63) is 30.3 Å². The predicted octanol–water partition coefficient (Wildman–Crippen LogP) is 3.22. The lowest BCUT2D eigenvalue weighted by Gasteiger charge is -2.07. The molecule has 0 aliphatic heterocycles. The van der Waals surface area contributed by atoms with Gasteiger partial charge in [0.2, 0.25) is 0 Å². The number of hydrogen-bond acceptors (Lipinski definition) is 2. The maximum absolute atomic E-state index is 8.67. The summed E-state index contributed by atoms with van der Waals surface area (Å²) in [6.07, 6.45) is 1.66. The van der Waals surface area contributed by atoms with Crippen LogP contribution in [0.3, 0.4) is 0 Å². The normalized spacial score (nSPS) is 11.7. The van der Waals surface area contributed by atoms with Crippen molar-refractivity contribution < 1.29 is 4.74 Å². The lowest BCUT2D eigenvalue weighted by molar-refractivity contribution is 0.301. The van der Waals surface area contributed by atoms with Gasteiger partial charge in [-0.1, -0.05) is 18.2 Å². The number of ether oxygens (including phenoxy) is 1. The standard InChI is InChI=1S/C12H14ClNO/c13-9-11(10-14)5-4-8-15-12-6-2-1-3-7-12/h1-3,6-7,11H,4-5,8-9H2. The first-order chi connectivity index (χ1) is 7.36. The average Bonchev–Trinajstić information content (AvgIpc) is 2.31. The highest BCUT2D eigenvalue weighted by Gasteiger charge is 2.04. The predicted molar refractivity (Wildman–Crippen MR) is 61.0 cm³/mol. The molecule has 1 rings (SSSR count). The second-order valence-electron chi connectivity index (χ2n) is 3.28. The minimum absolute atomic E-state index is 0.0500. The van der Waals surface area contributed by atoms with E-state index in [1.165, 1.54) is 0 Å². The molecule has 1 atom stereocenters. The molecule has 0 bridgehead atoms. The van der Waals surface area contributed by atoms with Crippen molar-refractivity contribution in [2.24, 2.45) is 5.92 Å². The fraction of sp³-hybridized carbons (Fsp3) is 0.417. The van der Waals surface area contributed by atoms with Crippen LogP contribution in [-0.2, 0) is 0 Å². The molecule has 1 aromatic rings. The van der Waals surface area contributed by atoms with E-state index < -0.39 is 0 Å². The fourth-order valence-corrected chi connectivity index (χ4v) is 1.44. The lowest BCUT2D eigenvalue weighted by atomic mass is 10.1. The molecule has 3 heteroatoms. The minimum Gasteiger partial charge on any atom is -0.494 e. The Kier molecular flexibility index (Phi) is 5.65. The Bertz CT molecular complexity index is 307. The van der Waals surface area contributed by atoms with E-state index in [0.717, 1.165) is 18.6 Å². The van der Waals surface area contributed by atoms with Crippen LogP contribution in [0.5, 0.6) is 5.75 Å². The van der Waals surface area contributed by atoms with E-state index in [0.29, 0.717) is 12.5 Å². The maximum Gasteiger partial charge on any atom is 0.119 e. The van der Waals surface area contributed by atoms with Gasteiger partial charge in [-0.25, -0.2) is 0 Å². The molecule has 2 nitrogen and oxygen atoms in total. The highest BCUT2D eigenvalue weighted by molar-refractivity contribution is 6.18. The summed E-state index contributed by atoms with van der Waals surface area (Å²) in [6, 6.07) is 11.8. The van der Waals surface area contributed by atoms with Gasteiger partial charge in [0, 0.05) is 5.88 Å². The molecule has 0 aromatic heterocycles. The Morgan fingerprint density at radius 2 is 2.07 bits per heavy atom. The van der Waals surface area contributed by atoms with Gasteiger partial charge in [-0.15, -0.1) is 11.6 Å². The van der Waals surface area contributed by atoms with Crippen LogP contribution >= 0.6 is 11.6 Å². The first kappa shape index (κ1) is 11.9. The number of benzene rings is 1. The number of nitrogens with zero attached hydrogens (tertiary/aromatic N) is 1. The first-order valence-electron chi connectivity index (χ1n) is 5.00. The zero-order chi connectivity index (χ0) is 10.9. The molecule has 0 amide bonds. The highest BCUT2D eigenvalue weighted by atomic mass is 35.5. The summed E-state index contributed by atoms with van der Waals surface area (Å²) in [6.45, 7) is 0.638. The number of rotatable bonds is 6. The summed E-state index contributed by atoms with van der Waals surface area (Å²) >= 11 is 5.60. The van der Waals surface area contributed by atoms with E-state index in [-0.39, 0.29) is 5.92 Å². The molecule has 0 aliphatic rings. The molecule has 80 valence electrons. The van der Waals surface area contributed by atoms with E-state index in [1.54, 1.807) is 0 Å². The van der Waals surface area contributed by atoms with E-state index in [4.69, 9.17) is 21.6 Å². The van der Waals surface area contributed by atoms with Gasteiger partial charge in [0.25, 0.3) is 0 Å². The zero-order valence-corrected chi connectivity index (χ0v) is 9.28. The Labute approximate surface area is 95.4 Å². The number of halogens is 1. The van der Waals surface area contributed by atoms with Crippen LogP contribution < -0.4 is 4.74 Å². The SMILES string of the molecule is N#CC(CCl)CCCOc1ccccc1. The second-order valence-corrected chi connectivity index (χ2v) is 3.59. The van der Waals surface area contributed by atoms with E-state index in [2.05, 4.69) is 6.07 Å². The minimum atomic E-state index is -0.0500. The molecular formula is C12H14ClNO. The Balaban J connectivity index is 2.15.